The zero-order valence-corrected chi connectivity index (χ0v) is 9.60. The van der Waals surface area contributed by atoms with Crippen LogP contribution >= 0.6 is 0 Å². The molecule has 1 heterocycles. The summed E-state index contributed by atoms with van der Waals surface area (Å²) < 4.78 is 1.89. The quantitative estimate of drug-likeness (QED) is 0.801. The number of aliphatic carboxylic acids is 1. The summed E-state index contributed by atoms with van der Waals surface area (Å²) in [6, 6.07) is 0.192. The molecule has 2 atom stereocenters. The lowest BCUT2D eigenvalue weighted by atomic mass is 9.98. The molecule has 1 aliphatic rings. The smallest absolute Gasteiger partial charge is 0.323 e. The normalized spacial score (nSPS) is 29.5. The van der Waals surface area contributed by atoms with Crippen LogP contribution < -0.4 is 5.32 Å². The highest BCUT2D eigenvalue weighted by Gasteiger charge is 2.45. The first-order chi connectivity index (χ1) is 7.57. The van der Waals surface area contributed by atoms with Gasteiger partial charge >= 0.3 is 5.97 Å². The average Bonchev–Trinajstić information content (AvgIpc) is 2.84. The van der Waals surface area contributed by atoms with Crippen molar-refractivity contribution >= 4 is 5.97 Å². The number of rotatable bonds is 3. The van der Waals surface area contributed by atoms with Crippen LogP contribution in [0.1, 0.15) is 30.9 Å². The highest BCUT2D eigenvalue weighted by Crippen LogP contribution is 2.37. The summed E-state index contributed by atoms with van der Waals surface area (Å²) in [6.45, 7) is 1.99. The number of nitrogens with one attached hydrogen (secondary N) is 1. The molecule has 16 heavy (non-hydrogen) atoms. The Kier molecular flexibility index (Phi) is 2.71. The van der Waals surface area contributed by atoms with E-state index in [1.807, 2.05) is 17.8 Å². The third-order valence-electron chi connectivity index (χ3n) is 3.48. The molecule has 0 aromatic carbocycles. The van der Waals surface area contributed by atoms with Crippen molar-refractivity contribution in [2.24, 2.45) is 0 Å². The number of carboxylic acids is 1. The summed E-state index contributed by atoms with van der Waals surface area (Å²) in [4.78, 5) is 11.2. The third kappa shape index (κ3) is 1.71. The van der Waals surface area contributed by atoms with Crippen molar-refractivity contribution in [1.29, 1.82) is 0 Å². The molecule has 1 aromatic rings. The van der Waals surface area contributed by atoms with E-state index in [1.54, 1.807) is 13.2 Å². The van der Waals surface area contributed by atoms with Gasteiger partial charge in [-0.15, -0.1) is 0 Å². The maximum atomic E-state index is 11.2. The molecule has 0 amide bonds. The molecule has 0 radical (unpaired) electrons. The van der Waals surface area contributed by atoms with E-state index in [0.717, 1.165) is 12.0 Å². The molecule has 0 aliphatic heterocycles. The van der Waals surface area contributed by atoms with E-state index < -0.39 is 11.5 Å². The van der Waals surface area contributed by atoms with Crippen molar-refractivity contribution in [2.75, 3.05) is 7.05 Å². The number of carboxylic acid groups (broad SMARTS) is 1. The summed E-state index contributed by atoms with van der Waals surface area (Å²) >= 11 is 0. The third-order valence-corrected chi connectivity index (χ3v) is 3.48. The van der Waals surface area contributed by atoms with E-state index in [-0.39, 0.29) is 6.04 Å². The molecular formula is C11H17N3O2. The van der Waals surface area contributed by atoms with Crippen molar-refractivity contribution in [3.8, 4) is 0 Å². The number of hydrogen-bond donors (Lipinski definition) is 2. The van der Waals surface area contributed by atoms with E-state index in [2.05, 4.69) is 10.4 Å². The van der Waals surface area contributed by atoms with Crippen molar-refractivity contribution in [3.63, 3.8) is 0 Å². The van der Waals surface area contributed by atoms with Crippen molar-refractivity contribution in [2.45, 2.75) is 37.8 Å². The predicted molar refractivity (Wildman–Crippen MR) is 59.3 cm³/mol. The maximum absolute atomic E-state index is 11.2. The summed E-state index contributed by atoms with van der Waals surface area (Å²) in [7, 11) is 1.71. The summed E-state index contributed by atoms with van der Waals surface area (Å²) in [5, 5.41) is 16.4. The van der Waals surface area contributed by atoms with Crippen LogP contribution in [0.2, 0.25) is 0 Å². The van der Waals surface area contributed by atoms with Gasteiger partial charge in [0, 0.05) is 6.20 Å². The molecule has 2 rings (SSSR count). The first kappa shape index (κ1) is 11.1. The number of hydrogen-bond acceptors (Lipinski definition) is 3. The van der Waals surface area contributed by atoms with Crippen LogP contribution in [0.4, 0.5) is 0 Å². The molecule has 2 unspecified atom stereocenters. The Bertz CT molecular complexity index is 402. The van der Waals surface area contributed by atoms with E-state index in [9.17, 15) is 9.90 Å². The molecule has 0 saturated heterocycles. The minimum atomic E-state index is -0.773. The summed E-state index contributed by atoms with van der Waals surface area (Å²) in [5.74, 6) is -0.763. The lowest BCUT2D eigenvalue weighted by Crippen LogP contribution is -2.48. The average molecular weight is 223 g/mol. The first-order valence-corrected chi connectivity index (χ1v) is 5.50. The number of likely N-dealkylation sites (N-methyl/N-ethyl adjacent to an activating group) is 1. The van der Waals surface area contributed by atoms with E-state index in [1.165, 1.54) is 0 Å². The Morgan fingerprint density at radius 3 is 2.94 bits per heavy atom. The van der Waals surface area contributed by atoms with Crippen LogP contribution in [0, 0.1) is 6.92 Å². The second-order valence-electron chi connectivity index (χ2n) is 4.53. The zero-order chi connectivity index (χ0) is 11.8. The van der Waals surface area contributed by atoms with Gasteiger partial charge in [0.05, 0.1) is 12.2 Å². The van der Waals surface area contributed by atoms with Crippen LogP contribution in [0.15, 0.2) is 12.4 Å². The highest BCUT2D eigenvalue weighted by molar-refractivity contribution is 5.79. The van der Waals surface area contributed by atoms with Gasteiger partial charge in [-0.2, -0.15) is 5.10 Å². The van der Waals surface area contributed by atoms with E-state index in [4.69, 9.17) is 0 Å². The van der Waals surface area contributed by atoms with Crippen LogP contribution in [0.25, 0.3) is 0 Å². The molecule has 0 bridgehead atoms. The molecule has 1 aliphatic carbocycles. The number of carbonyl (C=O) groups is 1. The number of nitrogens with zero attached hydrogens (tertiary/aromatic N) is 2. The van der Waals surface area contributed by atoms with Crippen LogP contribution in [0.5, 0.6) is 0 Å². The standard InChI is InChI=1S/C11H17N3O2/c1-8-6-13-14(7-8)9-3-4-11(5-9,12-2)10(15)16/h6-7,9,12H,3-5H2,1-2H3,(H,15,16). The SMILES string of the molecule is CNC1(C(=O)O)CCC(n2cc(C)cn2)C1. The minimum Gasteiger partial charge on any atom is -0.480 e. The Hall–Kier alpha value is -1.36. The van der Waals surface area contributed by atoms with Gasteiger partial charge in [0.1, 0.15) is 5.54 Å². The number of aryl methyl sites for hydroxylation is 1. The monoisotopic (exact) mass is 223 g/mol. The van der Waals surface area contributed by atoms with Crippen LogP contribution in [-0.4, -0.2) is 33.4 Å². The Morgan fingerprint density at radius 1 is 1.75 bits per heavy atom. The van der Waals surface area contributed by atoms with Gasteiger partial charge in [-0.1, -0.05) is 0 Å². The summed E-state index contributed by atoms with van der Waals surface area (Å²) in [6.07, 6.45) is 5.88. The van der Waals surface area contributed by atoms with Gasteiger partial charge in [0.15, 0.2) is 0 Å². The second-order valence-corrected chi connectivity index (χ2v) is 4.53. The van der Waals surface area contributed by atoms with Crippen molar-refractivity contribution < 1.29 is 9.90 Å². The first-order valence-electron chi connectivity index (χ1n) is 5.50. The van der Waals surface area contributed by atoms with Gasteiger partial charge in [-0.3, -0.25) is 9.48 Å². The fourth-order valence-electron chi connectivity index (χ4n) is 2.41. The topological polar surface area (TPSA) is 67.2 Å². The molecule has 5 nitrogen and oxygen atoms in total. The van der Waals surface area contributed by atoms with Gasteiger partial charge in [-0.25, -0.2) is 0 Å². The highest BCUT2D eigenvalue weighted by atomic mass is 16.4. The Balaban J connectivity index is 2.16. The van der Waals surface area contributed by atoms with Crippen LogP contribution in [-0.2, 0) is 4.79 Å². The molecule has 88 valence electrons. The molecule has 5 heteroatoms. The van der Waals surface area contributed by atoms with Crippen molar-refractivity contribution in [1.82, 2.24) is 15.1 Å². The fraction of sp³-hybridized carbons (Fsp3) is 0.636. The predicted octanol–water partition coefficient (Wildman–Crippen LogP) is 0.959. The maximum Gasteiger partial charge on any atom is 0.323 e. The lowest BCUT2D eigenvalue weighted by Gasteiger charge is -2.23. The van der Waals surface area contributed by atoms with Crippen LogP contribution in [0.3, 0.4) is 0 Å². The lowest BCUT2D eigenvalue weighted by molar-refractivity contribution is -0.144. The van der Waals surface area contributed by atoms with Gasteiger partial charge in [0.25, 0.3) is 0 Å². The second kappa shape index (κ2) is 3.90. The van der Waals surface area contributed by atoms with E-state index >= 15 is 0 Å². The zero-order valence-electron chi connectivity index (χ0n) is 9.60. The minimum absolute atomic E-state index is 0.192. The largest absolute Gasteiger partial charge is 0.480 e. The molecule has 1 fully saturated rings. The molecule has 1 aromatic heterocycles. The Labute approximate surface area is 94.5 Å². The van der Waals surface area contributed by atoms with Gasteiger partial charge in [0.2, 0.25) is 0 Å². The molecule has 2 N–H and O–H groups in total. The van der Waals surface area contributed by atoms with E-state index in [0.29, 0.717) is 12.8 Å². The van der Waals surface area contributed by atoms with Gasteiger partial charge in [-0.05, 0) is 38.8 Å². The summed E-state index contributed by atoms with van der Waals surface area (Å²) in [5.41, 5.74) is 0.335. The molecule has 1 saturated carbocycles. The Morgan fingerprint density at radius 2 is 2.50 bits per heavy atom. The molecule has 0 spiro atoms. The fourth-order valence-corrected chi connectivity index (χ4v) is 2.41. The van der Waals surface area contributed by atoms with Gasteiger partial charge < -0.3 is 10.4 Å². The number of aromatic nitrogens is 2. The molecular weight excluding hydrogens is 206 g/mol. The van der Waals surface area contributed by atoms with Crippen molar-refractivity contribution in [3.05, 3.63) is 18.0 Å².